The van der Waals surface area contributed by atoms with E-state index in [4.69, 9.17) is 0 Å². The monoisotopic (exact) mass is 359 g/mol. The van der Waals surface area contributed by atoms with Crippen molar-refractivity contribution in [1.29, 1.82) is 0 Å². The first-order chi connectivity index (χ1) is 9.97. The van der Waals surface area contributed by atoms with Crippen LogP contribution in [-0.4, -0.2) is 16.5 Å². The van der Waals surface area contributed by atoms with E-state index in [0.29, 0.717) is 4.47 Å². The lowest BCUT2D eigenvalue weighted by molar-refractivity contribution is -0.384. The molecule has 0 atom stereocenters. The van der Waals surface area contributed by atoms with Crippen molar-refractivity contribution in [3.63, 3.8) is 0 Å². The molecule has 0 spiro atoms. The van der Waals surface area contributed by atoms with Crippen molar-refractivity contribution in [3.05, 3.63) is 51.1 Å². The third-order valence-corrected chi connectivity index (χ3v) is 2.82. The minimum atomic E-state index is -3.00. The van der Waals surface area contributed by atoms with Crippen LogP contribution < -0.4 is 10.1 Å². The van der Waals surface area contributed by atoms with Crippen LogP contribution in [0.1, 0.15) is 0 Å². The molecule has 2 aromatic rings. The van der Waals surface area contributed by atoms with Crippen molar-refractivity contribution in [2.45, 2.75) is 6.61 Å². The molecular weight excluding hydrogens is 352 g/mol. The fourth-order valence-electron chi connectivity index (χ4n) is 1.56. The summed E-state index contributed by atoms with van der Waals surface area (Å²) < 4.78 is 29.4. The van der Waals surface area contributed by atoms with Gasteiger partial charge in [0.05, 0.1) is 10.6 Å². The average molecular weight is 360 g/mol. The van der Waals surface area contributed by atoms with E-state index in [2.05, 4.69) is 31.0 Å². The van der Waals surface area contributed by atoms with E-state index < -0.39 is 11.5 Å². The maximum atomic E-state index is 12.3. The summed E-state index contributed by atoms with van der Waals surface area (Å²) in [5, 5.41) is 13.6. The molecule has 0 unspecified atom stereocenters. The largest absolute Gasteiger partial charge is 0.433 e. The van der Waals surface area contributed by atoms with Crippen molar-refractivity contribution in [2.24, 2.45) is 0 Å². The van der Waals surface area contributed by atoms with E-state index in [1.54, 1.807) is 6.07 Å². The van der Waals surface area contributed by atoms with Crippen LogP contribution in [0, 0.1) is 10.1 Å². The van der Waals surface area contributed by atoms with E-state index in [9.17, 15) is 18.9 Å². The lowest BCUT2D eigenvalue weighted by Crippen LogP contribution is -2.05. The van der Waals surface area contributed by atoms with Crippen LogP contribution in [0.15, 0.2) is 41.0 Å². The standard InChI is InChI=1S/C12H8BrF2N3O3/c13-7-5-9(18(19)20)11(16-6-7)17-8-3-1-2-4-10(8)21-12(14)15/h1-6,12H,(H,16,17). The number of nitro groups is 1. The fourth-order valence-corrected chi connectivity index (χ4v) is 1.88. The molecule has 1 heterocycles. The summed E-state index contributed by atoms with van der Waals surface area (Å²) in [4.78, 5) is 14.2. The summed E-state index contributed by atoms with van der Waals surface area (Å²) in [6, 6.07) is 7.11. The number of hydrogen-bond donors (Lipinski definition) is 1. The Kier molecular flexibility index (Phi) is 4.63. The minimum absolute atomic E-state index is 0.0754. The number of pyridine rings is 1. The predicted molar refractivity (Wildman–Crippen MR) is 74.9 cm³/mol. The molecule has 0 fully saturated rings. The van der Waals surface area contributed by atoms with E-state index in [-0.39, 0.29) is 22.9 Å². The van der Waals surface area contributed by atoms with Gasteiger partial charge in [-0.05, 0) is 28.1 Å². The number of alkyl halides is 2. The minimum Gasteiger partial charge on any atom is -0.433 e. The van der Waals surface area contributed by atoms with Gasteiger partial charge in [0.15, 0.2) is 0 Å². The maximum Gasteiger partial charge on any atom is 0.387 e. The van der Waals surface area contributed by atoms with Gasteiger partial charge in [-0.1, -0.05) is 12.1 Å². The Labute approximate surface area is 126 Å². The molecular formula is C12H8BrF2N3O3. The van der Waals surface area contributed by atoms with Gasteiger partial charge in [0.1, 0.15) is 5.75 Å². The molecule has 2 rings (SSSR count). The topological polar surface area (TPSA) is 77.3 Å². The number of hydrogen-bond acceptors (Lipinski definition) is 5. The van der Waals surface area contributed by atoms with Gasteiger partial charge in [0.2, 0.25) is 5.82 Å². The molecule has 0 bridgehead atoms. The zero-order chi connectivity index (χ0) is 15.4. The molecule has 21 heavy (non-hydrogen) atoms. The number of halogens is 3. The number of ether oxygens (including phenoxy) is 1. The lowest BCUT2D eigenvalue weighted by Gasteiger charge is -2.12. The third kappa shape index (κ3) is 3.85. The van der Waals surface area contributed by atoms with Crippen LogP contribution in [0.3, 0.4) is 0 Å². The first kappa shape index (κ1) is 15.1. The van der Waals surface area contributed by atoms with Gasteiger partial charge in [-0.15, -0.1) is 0 Å². The van der Waals surface area contributed by atoms with Gasteiger partial charge in [-0.25, -0.2) is 4.98 Å². The van der Waals surface area contributed by atoms with E-state index >= 15 is 0 Å². The molecule has 1 aromatic heterocycles. The Bertz CT molecular complexity index is 670. The van der Waals surface area contributed by atoms with Gasteiger partial charge in [-0.3, -0.25) is 10.1 Å². The van der Waals surface area contributed by atoms with Gasteiger partial charge in [0.25, 0.3) is 0 Å². The van der Waals surface area contributed by atoms with Gasteiger partial charge in [-0.2, -0.15) is 8.78 Å². The SMILES string of the molecule is O=[N+]([O-])c1cc(Br)cnc1Nc1ccccc1OC(F)F. The Balaban J connectivity index is 2.37. The molecule has 0 saturated heterocycles. The molecule has 110 valence electrons. The first-order valence-corrected chi connectivity index (χ1v) is 6.37. The number of anilines is 2. The highest BCUT2D eigenvalue weighted by Gasteiger charge is 2.18. The molecule has 0 radical (unpaired) electrons. The Morgan fingerprint density at radius 1 is 1.38 bits per heavy atom. The summed E-state index contributed by atoms with van der Waals surface area (Å²) in [5.41, 5.74) is -0.146. The second kappa shape index (κ2) is 6.44. The zero-order valence-corrected chi connectivity index (χ0v) is 11.9. The van der Waals surface area contributed by atoms with Crippen molar-refractivity contribution >= 4 is 33.1 Å². The molecule has 1 aromatic carbocycles. The van der Waals surface area contributed by atoms with Gasteiger partial charge < -0.3 is 10.1 Å². The molecule has 0 aliphatic heterocycles. The zero-order valence-electron chi connectivity index (χ0n) is 10.3. The van der Waals surface area contributed by atoms with Gasteiger partial charge in [0, 0.05) is 16.7 Å². The first-order valence-electron chi connectivity index (χ1n) is 5.58. The Hall–Kier alpha value is -2.29. The van der Waals surface area contributed by atoms with E-state index in [1.807, 2.05) is 0 Å². The molecule has 0 aliphatic carbocycles. The van der Waals surface area contributed by atoms with Crippen molar-refractivity contribution in [3.8, 4) is 5.75 Å². The number of rotatable bonds is 5. The van der Waals surface area contributed by atoms with Crippen LogP contribution in [0.2, 0.25) is 0 Å². The highest BCUT2D eigenvalue weighted by atomic mass is 79.9. The number of nitrogens with zero attached hydrogens (tertiary/aromatic N) is 2. The van der Waals surface area contributed by atoms with Crippen molar-refractivity contribution < 1.29 is 18.4 Å². The molecule has 9 heteroatoms. The normalized spacial score (nSPS) is 10.5. The van der Waals surface area contributed by atoms with Crippen LogP contribution in [0.5, 0.6) is 5.75 Å². The second-order valence-electron chi connectivity index (χ2n) is 3.78. The lowest BCUT2D eigenvalue weighted by atomic mass is 10.3. The molecule has 0 saturated carbocycles. The molecule has 0 aliphatic rings. The maximum absolute atomic E-state index is 12.3. The van der Waals surface area contributed by atoms with Crippen molar-refractivity contribution in [2.75, 3.05) is 5.32 Å². The Morgan fingerprint density at radius 2 is 2.10 bits per heavy atom. The molecule has 1 N–H and O–H groups in total. The summed E-state index contributed by atoms with van der Waals surface area (Å²) in [6.45, 7) is -3.00. The fraction of sp³-hybridized carbons (Fsp3) is 0.0833. The van der Waals surface area contributed by atoms with E-state index in [0.717, 1.165) is 0 Å². The average Bonchev–Trinajstić information content (AvgIpc) is 2.42. The van der Waals surface area contributed by atoms with Crippen LogP contribution in [-0.2, 0) is 0 Å². The third-order valence-electron chi connectivity index (χ3n) is 2.39. The number of aromatic nitrogens is 1. The van der Waals surface area contributed by atoms with Crippen LogP contribution in [0.25, 0.3) is 0 Å². The summed E-state index contributed by atoms with van der Waals surface area (Å²) in [7, 11) is 0. The molecule has 6 nitrogen and oxygen atoms in total. The van der Waals surface area contributed by atoms with Gasteiger partial charge >= 0.3 is 12.3 Å². The predicted octanol–water partition coefficient (Wildman–Crippen LogP) is 4.10. The number of benzene rings is 1. The summed E-state index contributed by atoms with van der Waals surface area (Å²) in [6.07, 6.45) is 1.35. The quantitative estimate of drug-likeness (QED) is 0.642. The Morgan fingerprint density at radius 3 is 2.76 bits per heavy atom. The van der Waals surface area contributed by atoms with Crippen LogP contribution >= 0.6 is 15.9 Å². The molecule has 0 amide bonds. The van der Waals surface area contributed by atoms with Crippen molar-refractivity contribution in [1.82, 2.24) is 4.98 Å². The summed E-state index contributed by atoms with van der Waals surface area (Å²) in [5.74, 6) is -0.208. The van der Waals surface area contributed by atoms with Crippen LogP contribution in [0.4, 0.5) is 26.0 Å². The summed E-state index contributed by atoms with van der Waals surface area (Å²) >= 11 is 3.08. The second-order valence-corrected chi connectivity index (χ2v) is 4.69. The number of nitrogens with one attached hydrogen (secondary N) is 1. The highest BCUT2D eigenvalue weighted by molar-refractivity contribution is 9.10. The number of para-hydroxylation sites is 2. The highest BCUT2D eigenvalue weighted by Crippen LogP contribution is 2.32. The smallest absolute Gasteiger partial charge is 0.387 e. The van der Waals surface area contributed by atoms with E-state index in [1.165, 1.54) is 30.5 Å².